The third-order valence-electron chi connectivity index (χ3n) is 4.42. The van der Waals surface area contributed by atoms with Crippen LogP contribution in [0.1, 0.15) is 64.1 Å². The molecule has 6 heteroatoms. The van der Waals surface area contributed by atoms with Crippen LogP contribution in [0.5, 0.6) is 0 Å². The van der Waals surface area contributed by atoms with Gasteiger partial charge in [-0.1, -0.05) is 5.16 Å². The van der Waals surface area contributed by atoms with Crippen molar-refractivity contribution in [3.8, 4) is 0 Å². The van der Waals surface area contributed by atoms with E-state index in [1.165, 1.54) is 0 Å². The molecule has 1 saturated heterocycles. The summed E-state index contributed by atoms with van der Waals surface area (Å²) in [4.78, 5) is 18.4. The molecule has 20 heavy (non-hydrogen) atoms. The summed E-state index contributed by atoms with van der Waals surface area (Å²) in [7, 11) is 0. The van der Waals surface area contributed by atoms with Gasteiger partial charge in [-0.25, -0.2) is 0 Å². The number of hydrogen-bond acceptors (Lipinski definition) is 5. The highest BCUT2D eigenvalue weighted by atomic mass is 16.5. The van der Waals surface area contributed by atoms with Crippen molar-refractivity contribution in [2.24, 2.45) is 5.73 Å². The fourth-order valence-electron chi connectivity index (χ4n) is 2.91. The third kappa shape index (κ3) is 2.12. The van der Waals surface area contributed by atoms with Crippen LogP contribution in [-0.4, -0.2) is 33.0 Å². The summed E-state index contributed by atoms with van der Waals surface area (Å²) < 4.78 is 5.36. The molecule has 1 saturated carbocycles. The van der Waals surface area contributed by atoms with Gasteiger partial charge in [0.15, 0.2) is 5.82 Å². The third-order valence-corrected chi connectivity index (χ3v) is 4.42. The SMILES string of the molecule is CC(C)(C)N1CC(c2nc(C3(N)CCC3)no2)CC1=O. The maximum Gasteiger partial charge on any atom is 0.232 e. The van der Waals surface area contributed by atoms with Crippen LogP contribution in [0.3, 0.4) is 0 Å². The molecule has 1 atom stereocenters. The zero-order valence-corrected chi connectivity index (χ0v) is 12.3. The minimum atomic E-state index is -0.409. The predicted molar refractivity (Wildman–Crippen MR) is 72.8 cm³/mol. The molecule has 1 amide bonds. The van der Waals surface area contributed by atoms with Crippen molar-refractivity contribution in [1.82, 2.24) is 15.0 Å². The van der Waals surface area contributed by atoms with E-state index in [4.69, 9.17) is 10.3 Å². The topological polar surface area (TPSA) is 85.2 Å². The van der Waals surface area contributed by atoms with E-state index in [-0.39, 0.29) is 17.4 Å². The van der Waals surface area contributed by atoms with E-state index in [1.807, 2.05) is 25.7 Å². The number of nitrogens with two attached hydrogens (primary N) is 1. The van der Waals surface area contributed by atoms with E-state index in [2.05, 4.69) is 10.1 Å². The maximum atomic E-state index is 12.1. The van der Waals surface area contributed by atoms with Gasteiger partial charge in [0.05, 0.1) is 11.5 Å². The van der Waals surface area contributed by atoms with Gasteiger partial charge in [-0.3, -0.25) is 4.79 Å². The van der Waals surface area contributed by atoms with Crippen molar-refractivity contribution in [2.45, 2.75) is 63.5 Å². The quantitative estimate of drug-likeness (QED) is 0.886. The van der Waals surface area contributed by atoms with Crippen molar-refractivity contribution in [3.63, 3.8) is 0 Å². The highest BCUT2D eigenvalue weighted by Gasteiger charge is 2.42. The molecule has 1 aromatic rings. The minimum Gasteiger partial charge on any atom is -0.339 e. The first-order valence-corrected chi connectivity index (χ1v) is 7.23. The normalized spacial score (nSPS) is 25.9. The average Bonchev–Trinajstić information content (AvgIpc) is 2.90. The van der Waals surface area contributed by atoms with E-state index in [9.17, 15) is 4.79 Å². The molecular weight excluding hydrogens is 256 g/mol. The maximum absolute atomic E-state index is 12.1. The van der Waals surface area contributed by atoms with Crippen molar-refractivity contribution >= 4 is 5.91 Å². The van der Waals surface area contributed by atoms with Crippen LogP contribution >= 0.6 is 0 Å². The molecule has 2 heterocycles. The molecule has 110 valence electrons. The summed E-state index contributed by atoms with van der Waals surface area (Å²) >= 11 is 0. The Balaban J connectivity index is 1.77. The van der Waals surface area contributed by atoms with Gasteiger partial charge >= 0.3 is 0 Å². The van der Waals surface area contributed by atoms with Gasteiger partial charge in [0.25, 0.3) is 0 Å². The Hall–Kier alpha value is -1.43. The van der Waals surface area contributed by atoms with Crippen molar-refractivity contribution in [2.75, 3.05) is 6.54 Å². The Bertz CT molecular complexity index is 528. The Morgan fingerprint density at radius 1 is 1.40 bits per heavy atom. The Morgan fingerprint density at radius 2 is 2.10 bits per heavy atom. The standard InChI is InChI=1S/C14H22N4O2/c1-13(2,3)18-8-9(7-10(18)19)11-16-12(17-20-11)14(15)5-4-6-14/h9H,4-8,15H2,1-3H3. The molecule has 2 aliphatic rings. The monoisotopic (exact) mass is 278 g/mol. The fraction of sp³-hybridized carbons (Fsp3) is 0.786. The fourth-order valence-corrected chi connectivity index (χ4v) is 2.91. The molecule has 1 aromatic heterocycles. The second kappa shape index (κ2) is 4.28. The second-order valence-corrected chi connectivity index (χ2v) is 7.04. The van der Waals surface area contributed by atoms with Gasteiger partial charge in [-0.05, 0) is 40.0 Å². The molecule has 1 unspecified atom stereocenters. The first-order chi connectivity index (χ1) is 9.29. The molecule has 0 aromatic carbocycles. The first-order valence-electron chi connectivity index (χ1n) is 7.23. The van der Waals surface area contributed by atoms with Gasteiger partial charge in [0.1, 0.15) is 0 Å². The summed E-state index contributed by atoms with van der Waals surface area (Å²) in [6.45, 7) is 6.75. The number of likely N-dealkylation sites (tertiary alicyclic amines) is 1. The van der Waals surface area contributed by atoms with Gasteiger partial charge in [-0.2, -0.15) is 4.98 Å². The lowest BCUT2D eigenvalue weighted by atomic mass is 9.77. The molecule has 2 fully saturated rings. The number of nitrogens with zero attached hydrogens (tertiary/aromatic N) is 3. The number of carbonyl (C=O) groups excluding carboxylic acids is 1. The zero-order valence-electron chi connectivity index (χ0n) is 12.3. The van der Waals surface area contributed by atoms with Crippen molar-refractivity contribution < 1.29 is 9.32 Å². The smallest absolute Gasteiger partial charge is 0.232 e. The van der Waals surface area contributed by atoms with E-state index in [1.54, 1.807) is 0 Å². The average molecular weight is 278 g/mol. The molecule has 0 spiro atoms. The van der Waals surface area contributed by atoms with E-state index >= 15 is 0 Å². The highest BCUT2D eigenvalue weighted by molar-refractivity contribution is 5.80. The summed E-state index contributed by atoms with van der Waals surface area (Å²) in [5.74, 6) is 1.29. The van der Waals surface area contributed by atoms with Crippen LogP contribution in [0, 0.1) is 0 Å². The van der Waals surface area contributed by atoms with Crippen LogP contribution in [0.4, 0.5) is 0 Å². The van der Waals surface area contributed by atoms with Crippen LogP contribution in [0.25, 0.3) is 0 Å². The van der Waals surface area contributed by atoms with Crippen LogP contribution in [0.2, 0.25) is 0 Å². The second-order valence-electron chi connectivity index (χ2n) is 7.04. The first kappa shape index (κ1) is 13.5. The summed E-state index contributed by atoms with van der Waals surface area (Å²) in [6, 6.07) is 0. The molecule has 2 N–H and O–H groups in total. The molecule has 0 radical (unpaired) electrons. The number of hydrogen-bond donors (Lipinski definition) is 1. The van der Waals surface area contributed by atoms with Gasteiger partial charge < -0.3 is 15.2 Å². The number of rotatable bonds is 2. The summed E-state index contributed by atoms with van der Waals surface area (Å²) in [6.07, 6.45) is 3.37. The van der Waals surface area contributed by atoms with Crippen LogP contribution in [-0.2, 0) is 10.3 Å². The Morgan fingerprint density at radius 3 is 2.60 bits per heavy atom. The number of aromatic nitrogens is 2. The van der Waals surface area contributed by atoms with Crippen molar-refractivity contribution in [3.05, 3.63) is 11.7 Å². The zero-order chi connectivity index (χ0) is 14.5. The minimum absolute atomic E-state index is 0.00773. The molecule has 0 bridgehead atoms. The molecule has 6 nitrogen and oxygen atoms in total. The van der Waals surface area contributed by atoms with E-state index in [0.717, 1.165) is 19.3 Å². The molecule has 3 rings (SSSR count). The Labute approximate surface area is 118 Å². The predicted octanol–water partition coefficient (Wildman–Crippen LogP) is 1.52. The Kier molecular flexibility index (Phi) is 2.90. The molecule has 1 aliphatic heterocycles. The van der Waals surface area contributed by atoms with Gasteiger partial charge in [0.2, 0.25) is 11.8 Å². The summed E-state index contributed by atoms with van der Waals surface area (Å²) in [5.41, 5.74) is 5.62. The van der Waals surface area contributed by atoms with E-state index < -0.39 is 5.54 Å². The number of amides is 1. The summed E-state index contributed by atoms with van der Waals surface area (Å²) in [5, 5.41) is 4.03. The van der Waals surface area contributed by atoms with Gasteiger partial charge in [-0.15, -0.1) is 0 Å². The van der Waals surface area contributed by atoms with Crippen LogP contribution < -0.4 is 5.73 Å². The molecular formula is C14H22N4O2. The van der Waals surface area contributed by atoms with E-state index in [0.29, 0.717) is 24.7 Å². The highest BCUT2D eigenvalue weighted by Crippen LogP contribution is 2.38. The van der Waals surface area contributed by atoms with Crippen molar-refractivity contribution in [1.29, 1.82) is 0 Å². The number of carbonyl (C=O) groups is 1. The molecule has 1 aliphatic carbocycles. The lowest BCUT2D eigenvalue weighted by Crippen LogP contribution is -2.44. The lowest BCUT2D eigenvalue weighted by Gasteiger charge is -2.34. The largest absolute Gasteiger partial charge is 0.339 e. The van der Waals surface area contributed by atoms with Gasteiger partial charge in [0, 0.05) is 18.5 Å². The van der Waals surface area contributed by atoms with Crippen LogP contribution in [0.15, 0.2) is 4.52 Å². The lowest BCUT2D eigenvalue weighted by molar-refractivity contribution is -0.131.